The number of carbonyl (C=O) groups is 2. The molecule has 1 aromatic rings. The predicted octanol–water partition coefficient (Wildman–Crippen LogP) is 2.44. The van der Waals surface area contributed by atoms with Crippen molar-refractivity contribution in [2.24, 2.45) is 0 Å². The Hall–Kier alpha value is -1.88. The largest absolute Gasteiger partial charge is 0.377 e. The van der Waals surface area contributed by atoms with Crippen LogP contribution in [-0.4, -0.2) is 31.1 Å². The van der Waals surface area contributed by atoms with E-state index in [0.29, 0.717) is 17.8 Å². The molecule has 19 heavy (non-hydrogen) atoms. The minimum absolute atomic E-state index is 0.00199. The Kier molecular flexibility index (Phi) is 5.06. The summed E-state index contributed by atoms with van der Waals surface area (Å²) in [5.41, 5.74) is 0.847. The number of anilines is 1. The molecule has 0 aliphatic heterocycles. The molecule has 2 N–H and O–H groups in total. The third kappa shape index (κ3) is 5.09. The number of nitrogens with one attached hydrogen (secondary N) is 2. The van der Waals surface area contributed by atoms with Gasteiger partial charge >= 0.3 is 6.03 Å². The summed E-state index contributed by atoms with van der Waals surface area (Å²) in [7, 11) is 1.60. The Morgan fingerprint density at radius 2 is 1.79 bits per heavy atom. The van der Waals surface area contributed by atoms with Gasteiger partial charge in [0.2, 0.25) is 0 Å². The van der Waals surface area contributed by atoms with Gasteiger partial charge in [-0.2, -0.15) is 0 Å². The smallest absolute Gasteiger partial charge is 0.319 e. The fourth-order valence-corrected chi connectivity index (χ4v) is 1.33. The van der Waals surface area contributed by atoms with Crippen molar-refractivity contribution < 1.29 is 14.3 Å². The molecule has 0 atom stereocenters. The molecule has 0 bridgehead atoms. The van der Waals surface area contributed by atoms with Crippen LogP contribution in [-0.2, 0) is 4.74 Å². The lowest BCUT2D eigenvalue weighted by Gasteiger charge is -2.23. The molecule has 0 radical (unpaired) electrons. The van der Waals surface area contributed by atoms with Gasteiger partial charge in [-0.05, 0) is 45.0 Å². The van der Waals surface area contributed by atoms with Crippen LogP contribution in [0.4, 0.5) is 10.5 Å². The van der Waals surface area contributed by atoms with Gasteiger partial charge in [0.15, 0.2) is 5.78 Å². The molecule has 5 nitrogen and oxygen atoms in total. The molecule has 2 amide bonds. The minimum Gasteiger partial charge on any atom is -0.377 e. The topological polar surface area (TPSA) is 67.4 Å². The molecule has 0 aromatic heterocycles. The van der Waals surface area contributed by atoms with Gasteiger partial charge in [-0.15, -0.1) is 0 Å². The third-order valence-corrected chi connectivity index (χ3v) is 2.78. The molecule has 0 aliphatic carbocycles. The van der Waals surface area contributed by atoms with Crippen molar-refractivity contribution in [1.29, 1.82) is 0 Å². The van der Waals surface area contributed by atoms with Crippen LogP contribution in [0.15, 0.2) is 24.3 Å². The summed E-state index contributed by atoms with van der Waals surface area (Å²) in [5.74, 6) is -0.00199. The van der Waals surface area contributed by atoms with E-state index in [1.54, 1.807) is 31.4 Å². The second kappa shape index (κ2) is 6.33. The number of hydrogen-bond acceptors (Lipinski definition) is 3. The molecule has 0 unspecified atom stereocenters. The number of Topliss-reactive ketones (excluding diaryl/α,β-unsaturated/α-hetero) is 1. The maximum Gasteiger partial charge on any atom is 0.319 e. The first-order chi connectivity index (χ1) is 8.84. The molecule has 5 heteroatoms. The van der Waals surface area contributed by atoms with Crippen LogP contribution < -0.4 is 10.6 Å². The van der Waals surface area contributed by atoms with Crippen molar-refractivity contribution in [3.8, 4) is 0 Å². The summed E-state index contributed by atoms with van der Waals surface area (Å²) in [6.07, 6.45) is 0. The van der Waals surface area contributed by atoms with E-state index in [4.69, 9.17) is 4.74 Å². The van der Waals surface area contributed by atoms with E-state index in [0.717, 1.165) is 0 Å². The molecule has 0 fully saturated rings. The van der Waals surface area contributed by atoms with E-state index >= 15 is 0 Å². The summed E-state index contributed by atoms with van der Waals surface area (Å²) < 4.78 is 5.20. The maximum atomic E-state index is 11.6. The average Bonchev–Trinajstić information content (AvgIpc) is 2.37. The van der Waals surface area contributed by atoms with Crippen molar-refractivity contribution in [3.63, 3.8) is 0 Å². The van der Waals surface area contributed by atoms with E-state index < -0.39 is 5.60 Å². The Balaban J connectivity index is 2.51. The molecule has 0 saturated carbocycles. The zero-order valence-electron chi connectivity index (χ0n) is 11.7. The van der Waals surface area contributed by atoms with Crippen LogP contribution in [0.3, 0.4) is 0 Å². The van der Waals surface area contributed by atoms with Gasteiger partial charge in [-0.1, -0.05) is 0 Å². The molecule has 1 aromatic carbocycles. The minimum atomic E-state index is -0.407. The molecular weight excluding hydrogens is 244 g/mol. The van der Waals surface area contributed by atoms with Gasteiger partial charge in [0, 0.05) is 24.9 Å². The number of carbonyl (C=O) groups excluding carboxylic acids is 2. The van der Waals surface area contributed by atoms with Crippen LogP contribution in [0.5, 0.6) is 0 Å². The molecule has 0 saturated heterocycles. The van der Waals surface area contributed by atoms with Crippen molar-refractivity contribution in [2.75, 3.05) is 19.0 Å². The first-order valence-electron chi connectivity index (χ1n) is 6.05. The van der Waals surface area contributed by atoms with Crippen molar-refractivity contribution in [1.82, 2.24) is 5.32 Å². The highest BCUT2D eigenvalue weighted by atomic mass is 16.5. The molecular formula is C14H20N2O3. The highest BCUT2D eigenvalue weighted by Gasteiger charge is 2.17. The number of urea groups is 1. The standard InChI is InChI=1S/C14H20N2O3/c1-10(17)11-5-7-12(8-6-11)16-13(18)15-9-14(2,3)19-4/h5-8H,9H2,1-4H3,(H2,15,16,18). The van der Waals surface area contributed by atoms with Gasteiger partial charge in [-0.25, -0.2) is 4.79 Å². The average molecular weight is 264 g/mol. The first-order valence-corrected chi connectivity index (χ1v) is 6.05. The highest BCUT2D eigenvalue weighted by Crippen LogP contribution is 2.10. The number of methoxy groups -OCH3 is 1. The summed E-state index contributed by atoms with van der Waals surface area (Å²) in [4.78, 5) is 22.8. The Bertz CT molecular complexity index is 452. The Morgan fingerprint density at radius 1 is 1.21 bits per heavy atom. The van der Waals surface area contributed by atoms with Crippen LogP contribution in [0.25, 0.3) is 0 Å². The number of rotatable bonds is 5. The molecule has 0 spiro atoms. The van der Waals surface area contributed by atoms with Crippen molar-refractivity contribution in [2.45, 2.75) is 26.4 Å². The van der Waals surface area contributed by atoms with Gasteiger partial charge in [0.05, 0.1) is 5.60 Å². The van der Waals surface area contributed by atoms with E-state index in [1.165, 1.54) is 6.92 Å². The van der Waals surface area contributed by atoms with Gasteiger partial charge in [0.1, 0.15) is 0 Å². The van der Waals surface area contributed by atoms with Crippen LogP contribution >= 0.6 is 0 Å². The SMILES string of the molecule is COC(C)(C)CNC(=O)Nc1ccc(C(C)=O)cc1. The first kappa shape index (κ1) is 15.2. The lowest BCUT2D eigenvalue weighted by molar-refractivity contribution is 0.0257. The van der Waals surface area contributed by atoms with E-state index in [1.807, 2.05) is 13.8 Å². The quantitative estimate of drug-likeness (QED) is 0.803. The number of benzene rings is 1. The van der Waals surface area contributed by atoms with Crippen LogP contribution in [0, 0.1) is 0 Å². The second-order valence-corrected chi connectivity index (χ2v) is 4.91. The summed E-state index contributed by atoms with van der Waals surface area (Å²) in [6, 6.07) is 6.43. The lowest BCUT2D eigenvalue weighted by atomic mass is 10.1. The number of amides is 2. The van der Waals surface area contributed by atoms with E-state index in [-0.39, 0.29) is 11.8 Å². The second-order valence-electron chi connectivity index (χ2n) is 4.91. The summed E-state index contributed by atoms with van der Waals surface area (Å²) in [5, 5.41) is 5.41. The van der Waals surface area contributed by atoms with Gasteiger partial charge in [0.25, 0.3) is 0 Å². The predicted molar refractivity (Wildman–Crippen MR) is 74.6 cm³/mol. The van der Waals surface area contributed by atoms with Gasteiger partial charge in [-0.3, -0.25) is 4.79 Å². The van der Waals surface area contributed by atoms with E-state index in [2.05, 4.69) is 10.6 Å². The Labute approximate surface area is 113 Å². The van der Waals surface area contributed by atoms with Crippen LogP contribution in [0.1, 0.15) is 31.1 Å². The number of hydrogen-bond donors (Lipinski definition) is 2. The normalized spacial score (nSPS) is 10.9. The van der Waals surface area contributed by atoms with Crippen LogP contribution in [0.2, 0.25) is 0 Å². The van der Waals surface area contributed by atoms with Crippen molar-refractivity contribution in [3.05, 3.63) is 29.8 Å². The lowest BCUT2D eigenvalue weighted by Crippen LogP contribution is -2.41. The van der Waals surface area contributed by atoms with Gasteiger partial charge < -0.3 is 15.4 Å². The molecule has 0 aliphatic rings. The molecule has 0 heterocycles. The maximum absolute atomic E-state index is 11.6. The number of ether oxygens (including phenoxy) is 1. The van der Waals surface area contributed by atoms with Crippen molar-refractivity contribution >= 4 is 17.5 Å². The monoisotopic (exact) mass is 264 g/mol. The summed E-state index contributed by atoms with van der Waals surface area (Å²) in [6.45, 7) is 5.67. The zero-order valence-corrected chi connectivity index (χ0v) is 11.7. The molecule has 104 valence electrons. The highest BCUT2D eigenvalue weighted by molar-refractivity contribution is 5.95. The number of ketones is 1. The Morgan fingerprint density at radius 3 is 2.26 bits per heavy atom. The summed E-state index contributed by atoms with van der Waals surface area (Å²) >= 11 is 0. The fourth-order valence-electron chi connectivity index (χ4n) is 1.33. The third-order valence-electron chi connectivity index (χ3n) is 2.78. The zero-order chi connectivity index (χ0) is 14.5. The fraction of sp³-hybridized carbons (Fsp3) is 0.429. The van der Waals surface area contributed by atoms with E-state index in [9.17, 15) is 9.59 Å². The molecule has 1 rings (SSSR count).